The zero-order valence-corrected chi connectivity index (χ0v) is 24.0. The van der Waals surface area contributed by atoms with Gasteiger partial charge in [0.05, 0.1) is 23.8 Å². The van der Waals surface area contributed by atoms with Gasteiger partial charge in [-0.05, 0) is 36.2 Å². The van der Waals surface area contributed by atoms with Gasteiger partial charge in [0.15, 0.2) is 5.13 Å². The molecule has 1 fully saturated rings. The van der Waals surface area contributed by atoms with Crippen LogP contribution in [0.5, 0.6) is 0 Å². The number of amides is 3. The molecule has 3 amide bonds. The van der Waals surface area contributed by atoms with Crippen LogP contribution in [0.2, 0.25) is 0 Å². The number of nitrogens with one attached hydrogen (secondary N) is 3. The second kappa shape index (κ2) is 12.7. The van der Waals surface area contributed by atoms with E-state index in [1.807, 2.05) is 12.1 Å². The van der Waals surface area contributed by atoms with Crippen LogP contribution in [0.4, 0.5) is 10.8 Å². The van der Waals surface area contributed by atoms with Crippen molar-refractivity contribution in [2.75, 3.05) is 36.9 Å². The van der Waals surface area contributed by atoms with E-state index in [2.05, 4.69) is 20.9 Å². The van der Waals surface area contributed by atoms with Gasteiger partial charge in [-0.25, -0.2) is 13.4 Å². The Morgan fingerprint density at radius 2 is 1.73 bits per heavy atom. The zero-order chi connectivity index (χ0) is 28.9. The van der Waals surface area contributed by atoms with E-state index in [9.17, 15) is 22.8 Å². The first-order valence-electron chi connectivity index (χ1n) is 12.7. The molecule has 2 heterocycles. The number of rotatable bonds is 9. The number of benzene rings is 2. The van der Waals surface area contributed by atoms with Crippen LogP contribution in [-0.2, 0) is 24.3 Å². The first-order valence-corrected chi connectivity index (χ1v) is 15.0. The third-order valence-electron chi connectivity index (χ3n) is 6.18. The van der Waals surface area contributed by atoms with Crippen LogP contribution >= 0.6 is 11.3 Å². The van der Waals surface area contributed by atoms with Crippen molar-refractivity contribution in [2.24, 2.45) is 5.92 Å². The second-order valence-electron chi connectivity index (χ2n) is 9.53. The summed E-state index contributed by atoms with van der Waals surface area (Å²) < 4.78 is 32.6. The van der Waals surface area contributed by atoms with Crippen molar-refractivity contribution in [2.45, 2.75) is 31.7 Å². The molecule has 1 aliphatic rings. The summed E-state index contributed by atoms with van der Waals surface area (Å²) in [7, 11) is -3.78. The molecule has 0 aliphatic carbocycles. The van der Waals surface area contributed by atoms with Crippen LogP contribution in [0.15, 0.2) is 58.8 Å². The van der Waals surface area contributed by atoms with E-state index in [1.165, 1.54) is 46.8 Å². The minimum atomic E-state index is -3.78. The summed E-state index contributed by atoms with van der Waals surface area (Å²) in [6.07, 6.45) is 0. The van der Waals surface area contributed by atoms with Gasteiger partial charge < -0.3 is 20.7 Å². The third-order valence-corrected chi connectivity index (χ3v) is 8.83. The monoisotopic (exact) mass is 585 g/mol. The maximum Gasteiger partial charge on any atom is 0.251 e. The number of thiazole rings is 1. The van der Waals surface area contributed by atoms with Crippen molar-refractivity contribution >= 4 is 49.9 Å². The molecule has 40 heavy (non-hydrogen) atoms. The minimum absolute atomic E-state index is 0.00743. The van der Waals surface area contributed by atoms with Gasteiger partial charge in [-0.15, -0.1) is 11.3 Å². The number of sulfonamides is 1. The maximum atomic E-state index is 13.1. The number of carbonyl (C=O) groups is 3. The number of morpholine rings is 1. The Morgan fingerprint density at radius 1 is 1.02 bits per heavy atom. The Hall–Kier alpha value is -3.65. The highest BCUT2D eigenvalue weighted by molar-refractivity contribution is 7.89. The predicted molar refractivity (Wildman–Crippen MR) is 153 cm³/mol. The van der Waals surface area contributed by atoms with Crippen molar-refractivity contribution in [3.8, 4) is 11.3 Å². The van der Waals surface area contributed by atoms with E-state index in [0.717, 1.165) is 5.56 Å². The molecule has 3 aromatic rings. The highest BCUT2D eigenvalue weighted by Gasteiger charge is 2.29. The molecule has 2 aromatic carbocycles. The van der Waals surface area contributed by atoms with E-state index >= 15 is 0 Å². The summed E-state index contributed by atoms with van der Waals surface area (Å²) in [6.45, 7) is 6.16. The van der Waals surface area contributed by atoms with Crippen molar-refractivity contribution in [1.29, 1.82) is 0 Å². The number of ether oxygens (including phenoxy) is 1. The largest absolute Gasteiger partial charge is 0.379 e. The van der Waals surface area contributed by atoms with Crippen molar-refractivity contribution < 1.29 is 27.5 Å². The SMILES string of the molecule is CC(=O)Nc1ccc(-c2csc(NC(=O)[C@@H](NC(=O)c3cccc(S(=O)(=O)N4CCOCC4)c3)C(C)C)n2)cc1. The molecule has 0 saturated carbocycles. The van der Waals surface area contributed by atoms with Gasteiger partial charge in [-0.3, -0.25) is 14.4 Å². The summed E-state index contributed by atoms with van der Waals surface area (Å²) in [5, 5.41) is 10.4. The Balaban J connectivity index is 1.43. The molecule has 0 unspecified atom stereocenters. The number of aromatic nitrogens is 1. The fourth-order valence-corrected chi connectivity index (χ4v) is 6.24. The first-order chi connectivity index (χ1) is 19.0. The molecule has 11 nitrogen and oxygen atoms in total. The molecule has 0 radical (unpaired) electrons. The smallest absolute Gasteiger partial charge is 0.251 e. The number of carbonyl (C=O) groups excluding carboxylic acids is 3. The Morgan fingerprint density at radius 3 is 2.38 bits per heavy atom. The van der Waals surface area contributed by atoms with E-state index in [4.69, 9.17) is 4.74 Å². The fraction of sp³-hybridized carbons (Fsp3) is 0.333. The average Bonchev–Trinajstić information content (AvgIpc) is 3.40. The van der Waals surface area contributed by atoms with E-state index in [0.29, 0.717) is 29.7 Å². The Bertz CT molecular complexity index is 1480. The third kappa shape index (κ3) is 7.10. The highest BCUT2D eigenvalue weighted by Crippen LogP contribution is 2.26. The summed E-state index contributed by atoms with van der Waals surface area (Å²) in [5.41, 5.74) is 2.26. The van der Waals surface area contributed by atoms with E-state index in [-0.39, 0.29) is 35.4 Å². The Kier molecular flexibility index (Phi) is 9.30. The summed E-state index contributed by atoms with van der Waals surface area (Å²) in [6, 6.07) is 12.0. The van der Waals surface area contributed by atoms with Crippen molar-refractivity contribution in [1.82, 2.24) is 14.6 Å². The Labute approximate surface area is 237 Å². The lowest BCUT2D eigenvalue weighted by atomic mass is 10.0. The average molecular weight is 586 g/mol. The molecule has 1 saturated heterocycles. The molecular weight excluding hydrogens is 554 g/mol. The summed E-state index contributed by atoms with van der Waals surface area (Å²) in [4.78, 5) is 41.9. The molecule has 0 bridgehead atoms. The lowest BCUT2D eigenvalue weighted by molar-refractivity contribution is -0.119. The summed E-state index contributed by atoms with van der Waals surface area (Å²) >= 11 is 1.24. The molecule has 1 atom stereocenters. The number of hydrogen-bond acceptors (Lipinski definition) is 8. The quantitative estimate of drug-likeness (QED) is 0.350. The van der Waals surface area contributed by atoms with Crippen LogP contribution in [0.1, 0.15) is 31.1 Å². The van der Waals surface area contributed by atoms with Gasteiger partial charge in [0.25, 0.3) is 5.91 Å². The molecule has 212 valence electrons. The summed E-state index contributed by atoms with van der Waals surface area (Å²) in [5.74, 6) is -1.43. The van der Waals surface area contributed by atoms with Gasteiger partial charge in [-0.2, -0.15) is 4.31 Å². The van der Waals surface area contributed by atoms with Gasteiger partial charge in [0.2, 0.25) is 21.8 Å². The van der Waals surface area contributed by atoms with Gasteiger partial charge >= 0.3 is 0 Å². The van der Waals surface area contributed by atoms with Gasteiger partial charge in [0.1, 0.15) is 6.04 Å². The number of hydrogen-bond donors (Lipinski definition) is 3. The van der Waals surface area contributed by atoms with Crippen LogP contribution in [0.3, 0.4) is 0 Å². The minimum Gasteiger partial charge on any atom is -0.379 e. The van der Waals surface area contributed by atoms with Crippen LogP contribution in [0.25, 0.3) is 11.3 Å². The molecule has 1 aliphatic heterocycles. The molecule has 3 N–H and O–H groups in total. The van der Waals surface area contributed by atoms with Gasteiger partial charge in [-0.1, -0.05) is 32.0 Å². The number of nitrogens with zero attached hydrogens (tertiary/aromatic N) is 2. The highest BCUT2D eigenvalue weighted by atomic mass is 32.2. The second-order valence-corrected chi connectivity index (χ2v) is 12.3. The molecular formula is C27H31N5O6S2. The molecule has 1 aromatic heterocycles. The molecule has 0 spiro atoms. The van der Waals surface area contributed by atoms with Crippen molar-refractivity contribution in [3.63, 3.8) is 0 Å². The molecule has 4 rings (SSSR count). The zero-order valence-electron chi connectivity index (χ0n) is 22.3. The van der Waals surface area contributed by atoms with E-state index < -0.39 is 27.9 Å². The van der Waals surface area contributed by atoms with Gasteiger partial charge in [0, 0.05) is 42.2 Å². The lowest BCUT2D eigenvalue weighted by Crippen LogP contribution is -2.47. The van der Waals surface area contributed by atoms with Crippen LogP contribution in [0, 0.1) is 5.92 Å². The maximum absolute atomic E-state index is 13.1. The normalized spacial score (nSPS) is 14.9. The fourth-order valence-electron chi connectivity index (χ4n) is 4.07. The topological polar surface area (TPSA) is 147 Å². The van der Waals surface area contributed by atoms with E-state index in [1.54, 1.807) is 31.4 Å². The molecule has 13 heteroatoms. The lowest BCUT2D eigenvalue weighted by Gasteiger charge is -2.26. The standard InChI is InChI=1S/C27H31N5O6S2/c1-17(2)24(26(35)31-27-29-23(16-39-27)19-7-9-21(10-8-19)28-18(3)33)30-25(34)20-5-4-6-22(15-20)40(36,37)32-11-13-38-14-12-32/h4-10,15-17,24H,11-14H2,1-3H3,(H,28,33)(H,30,34)(H,29,31,35)/t24-/m0/s1. The first kappa shape index (κ1) is 29.3. The predicted octanol–water partition coefficient (Wildman–Crippen LogP) is 3.18. The van der Waals surface area contributed by atoms with Crippen LogP contribution in [-0.4, -0.2) is 67.8 Å². The van der Waals surface area contributed by atoms with Crippen molar-refractivity contribution in [3.05, 3.63) is 59.5 Å². The van der Waals surface area contributed by atoms with Crippen LogP contribution < -0.4 is 16.0 Å². The number of anilines is 2.